The van der Waals surface area contributed by atoms with Crippen LogP contribution in [0.4, 0.5) is 19.1 Å². The van der Waals surface area contributed by atoms with Crippen molar-refractivity contribution < 1.29 is 13.2 Å². The molecule has 0 saturated heterocycles. The number of hydrogen-bond acceptors (Lipinski definition) is 6. The zero-order chi connectivity index (χ0) is 15.0. The predicted molar refractivity (Wildman–Crippen MR) is 65.0 cm³/mol. The molecule has 2 N–H and O–H groups in total. The zero-order valence-electron chi connectivity index (χ0n) is 10.7. The molecule has 0 atom stereocenters. The van der Waals surface area contributed by atoms with E-state index in [-0.39, 0.29) is 18.3 Å². The van der Waals surface area contributed by atoms with Gasteiger partial charge in [-0.1, -0.05) is 0 Å². The summed E-state index contributed by atoms with van der Waals surface area (Å²) in [7, 11) is 1.80. The van der Waals surface area contributed by atoms with Gasteiger partial charge in [0.1, 0.15) is 11.3 Å². The Balaban J connectivity index is 1.72. The number of aromatic amines is 1. The van der Waals surface area contributed by atoms with Crippen molar-refractivity contribution in [2.45, 2.75) is 12.7 Å². The highest BCUT2D eigenvalue weighted by atomic mass is 19.4. The Labute approximate surface area is 115 Å². The van der Waals surface area contributed by atoms with E-state index in [4.69, 9.17) is 0 Å². The third kappa shape index (κ3) is 2.61. The molecule has 8 nitrogen and oxygen atoms in total. The average molecular weight is 298 g/mol. The van der Waals surface area contributed by atoms with Crippen LogP contribution in [0.25, 0.3) is 11.2 Å². The summed E-state index contributed by atoms with van der Waals surface area (Å²) in [6.07, 6.45) is -1.41. The third-order valence-corrected chi connectivity index (χ3v) is 2.68. The minimum atomic E-state index is -4.57. The van der Waals surface area contributed by atoms with Crippen molar-refractivity contribution in [1.29, 1.82) is 0 Å². The van der Waals surface area contributed by atoms with Crippen molar-refractivity contribution in [2.24, 2.45) is 7.05 Å². The Hall–Kier alpha value is -2.72. The average Bonchev–Trinajstić information content (AvgIpc) is 3.03. The molecule has 0 bridgehead atoms. The molecule has 0 spiro atoms. The van der Waals surface area contributed by atoms with Gasteiger partial charge in [0.15, 0.2) is 5.65 Å². The van der Waals surface area contributed by atoms with Gasteiger partial charge in [0, 0.05) is 7.05 Å². The van der Waals surface area contributed by atoms with Crippen LogP contribution in [0.1, 0.15) is 11.6 Å². The second-order valence-corrected chi connectivity index (χ2v) is 4.21. The van der Waals surface area contributed by atoms with E-state index in [0.29, 0.717) is 5.65 Å². The molecule has 3 aromatic heterocycles. The Kier molecular flexibility index (Phi) is 2.96. The van der Waals surface area contributed by atoms with E-state index in [2.05, 4.69) is 35.5 Å². The summed E-state index contributed by atoms with van der Waals surface area (Å²) in [6.45, 7) is -0.0125. The fourth-order valence-electron chi connectivity index (χ4n) is 1.66. The first-order chi connectivity index (χ1) is 9.93. The number of H-pyrrole nitrogens is 1. The Morgan fingerprint density at radius 1 is 1.29 bits per heavy atom. The first-order valence-corrected chi connectivity index (χ1v) is 5.80. The maximum Gasteiger partial charge on any atom is 0.453 e. The van der Waals surface area contributed by atoms with Crippen LogP contribution in [0.15, 0.2) is 12.5 Å². The van der Waals surface area contributed by atoms with Crippen molar-refractivity contribution in [3.63, 3.8) is 0 Å². The number of nitrogens with one attached hydrogen (secondary N) is 2. The lowest BCUT2D eigenvalue weighted by molar-refractivity contribution is -0.144. The van der Waals surface area contributed by atoms with Crippen LogP contribution >= 0.6 is 0 Å². The molecule has 0 aromatic carbocycles. The molecular formula is C10H9F3N8. The van der Waals surface area contributed by atoms with Gasteiger partial charge in [-0.05, 0) is 0 Å². The molecule has 21 heavy (non-hydrogen) atoms. The molecule has 0 amide bonds. The molecule has 0 radical (unpaired) electrons. The molecule has 0 saturated carbocycles. The molecule has 0 fully saturated rings. The van der Waals surface area contributed by atoms with Crippen molar-refractivity contribution in [1.82, 2.24) is 34.7 Å². The number of nitrogens with zero attached hydrogens (tertiary/aromatic N) is 6. The highest BCUT2D eigenvalue weighted by molar-refractivity contribution is 5.70. The standard InChI is InChI=1S/C10H9F3N8/c1-21-4-16-7-5(21)2-14-9(18-7)15-3-6-17-8(20-19-6)10(11,12)13/h2,4H,3H2,1H3,(H,14,15,18)(H,17,19,20). The molecule has 0 aliphatic heterocycles. The second kappa shape index (κ2) is 4.68. The van der Waals surface area contributed by atoms with Gasteiger partial charge in [-0.2, -0.15) is 18.2 Å². The van der Waals surface area contributed by atoms with Crippen molar-refractivity contribution in [3.8, 4) is 0 Å². The minimum Gasteiger partial charge on any atom is -0.347 e. The number of hydrogen-bond donors (Lipinski definition) is 2. The molecule has 0 aliphatic carbocycles. The summed E-state index contributed by atoms with van der Waals surface area (Å²) in [5, 5.41) is 8.05. The lowest BCUT2D eigenvalue weighted by atomic mass is 10.5. The molecule has 0 unspecified atom stereocenters. The van der Waals surface area contributed by atoms with Gasteiger partial charge in [-0.3, -0.25) is 5.10 Å². The Morgan fingerprint density at radius 3 is 2.81 bits per heavy atom. The number of alkyl halides is 3. The van der Waals surface area contributed by atoms with Gasteiger partial charge in [0.2, 0.25) is 5.95 Å². The third-order valence-electron chi connectivity index (χ3n) is 2.68. The minimum absolute atomic E-state index is 0.0125. The molecular weight excluding hydrogens is 289 g/mol. The predicted octanol–water partition coefficient (Wildman–Crippen LogP) is 1.11. The summed E-state index contributed by atoms with van der Waals surface area (Å²) in [4.78, 5) is 15.6. The highest BCUT2D eigenvalue weighted by Gasteiger charge is 2.35. The van der Waals surface area contributed by atoms with E-state index in [0.717, 1.165) is 5.52 Å². The van der Waals surface area contributed by atoms with Gasteiger partial charge < -0.3 is 9.88 Å². The fraction of sp³-hybridized carbons (Fsp3) is 0.300. The summed E-state index contributed by atoms with van der Waals surface area (Å²) in [5.74, 6) is -0.932. The van der Waals surface area contributed by atoms with Crippen molar-refractivity contribution >= 4 is 17.1 Å². The van der Waals surface area contributed by atoms with Crippen molar-refractivity contribution in [3.05, 3.63) is 24.2 Å². The van der Waals surface area contributed by atoms with E-state index in [1.54, 1.807) is 24.1 Å². The topological polar surface area (TPSA) is 97.2 Å². The molecule has 3 rings (SSSR count). The zero-order valence-corrected chi connectivity index (χ0v) is 10.7. The van der Waals surface area contributed by atoms with Crippen LogP contribution in [-0.2, 0) is 19.8 Å². The number of aromatic nitrogens is 7. The fourth-order valence-corrected chi connectivity index (χ4v) is 1.66. The normalized spacial score (nSPS) is 12.0. The van der Waals surface area contributed by atoms with Crippen LogP contribution in [0, 0.1) is 0 Å². The maximum atomic E-state index is 12.3. The van der Waals surface area contributed by atoms with E-state index in [1.165, 1.54) is 0 Å². The van der Waals surface area contributed by atoms with Gasteiger partial charge in [-0.25, -0.2) is 15.0 Å². The van der Waals surface area contributed by atoms with E-state index < -0.39 is 12.0 Å². The first kappa shape index (κ1) is 13.3. The van der Waals surface area contributed by atoms with Gasteiger partial charge in [0.05, 0.1) is 19.1 Å². The number of halogens is 3. The van der Waals surface area contributed by atoms with E-state index in [1.807, 2.05) is 0 Å². The summed E-state index contributed by atoms with van der Waals surface area (Å²) >= 11 is 0. The lowest BCUT2D eigenvalue weighted by Gasteiger charge is -2.02. The summed E-state index contributed by atoms with van der Waals surface area (Å²) in [6, 6.07) is 0. The first-order valence-electron chi connectivity index (χ1n) is 5.80. The Morgan fingerprint density at radius 2 is 2.10 bits per heavy atom. The monoisotopic (exact) mass is 298 g/mol. The number of aryl methyl sites for hydroxylation is 1. The SMILES string of the molecule is Cn1cnc2nc(NCc3nc(C(F)(F)F)n[nH]3)ncc21. The number of anilines is 1. The quantitative estimate of drug-likeness (QED) is 0.752. The smallest absolute Gasteiger partial charge is 0.347 e. The number of fused-ring (bicyclic) bond motifs is 1. The van der Waals surface area contributed by atoms with E-state index >= 15 is 0 Å². The number of imidazole rings is 1. The Bertz CT molecular complexity index is 774. The molecule has 3 aromatic rings. The van der Waals surface area contributed by atoms with Gasteiger partial charge in [-0.15, -0.1) is 5.10 Å². The molecule has 110 valence electrons. The molecule has 11 heteroatoms. The maximum absolute atomic E-state index is 12.3. The van der Waals surface area contributed by atoms with Gasteiger partial charge >= 0.3 is 6.18 Å². The largest absolute Gasteiger partial charge is 0.453 e. The molecule has 3 heterocycles. The number of rotatable bonds is 3. The van der Waals surface area contributed by atoms with Gasteiger partial charge in [0.25, 0.3) is 5.82 Å². The van der Waals surface area contributed by atoms with Crippen LogP contribution in [0.2, 0.25) is 0 Å². The van der Waals surface area contributed by atoms with Crippen LogP contribution in [0.3, 0.4) is 0 Å². The van der Waals surface area contributed by atoms with Crippen LogP contribution < -0.4 is 5.32 Å². The lowest BCUT2D eigenvalue weighted by Crippen LogP contribution is -2.08. The second-order valence-electron chi connectivity index (χ2n) is 4.21. The summed E-state index contributed by atoms with van der Waals surface area (Å²) < 4.78 is 38.8. The van der Waals surface area contributed by atoms with Crippen LogP contribution in [-0.4, -0.2) is 34.7 Å². The van der Waals surface area contributed by atoms with Crippen molar-refractivity contribution in [2.75, 3.05) is 5.32 Å². The summed E-state index contributed by atoms with van der Waals surface area (Å²) in [5.41, 5.74) is 1.24. The highest BCUT2D eigenvalue weighted by Crippen LogP contribution is 2.25. The van der Waals surface area contributed by atoms with E-state index in [9.17, 15) is 13.2 Å². The molecule has 0 aliphatic rings. The van der Waals surface area contributed by atoms with Crippen LogP contribution in [0.5, 0.6) is 0 Å².